The average molecular weight is 525 g/mol. The summed E-state index contributed by atoms with van der Waals surface area (Å²) < 4.78 is 5.99. The van der Waals surface area contributed by atoms with Crippen LogP contribution in [-0.2, 0) is 25.6 Å². The van der Waals surface area contributed by atoms with Crippen molar-refractivity contribution in [1.29, 1.82) is 0 Å². The predicted octanol–water partition coefficient (Wildman–Crippen LogP) is 3.60. The molecule has 3 fully saturated rings. The van der Waals surface area contributed by atoms with Crippen LogP contribution >= 0.6 is 0 Å². The SMILES string of the molecule is CN1C(=O)[C@H]2[C@H](CC=C3[C@H](C4=COc5ccc(O)cc5C4)[C@]4(C)C(=O)N(c5ccccc5)C(=O)[C@@H]4C[C@H]32)C1=O. The number of aromatic hydroxyl groups is 1. The van der Waals surface area contributed by atoms with Crippen LogP contribution in [0.2, 0.25) is 0 Å². The Morgan fingerprint density at radius 2 is 1.74 bits per heavy atom. The third kappa shape index (κ3) is 3.11. The van der Waals surface area contributed by atoms with Crippen molar-refractivity contribution < 1.29 is 29.0 Å². The van der Waals surface area contributed by atoms with Crippen molar-refractivity contribution in [1.82, 2.24) is 4.90 Å². The summed E-state index contributed by atoms with van der Waals surface area (Å²) in [6.45, 7) is 1.86. The highest BCUT2D eigenvalue weighted by Crippen LogP contribution is 2.62. The van der Waals surface area contributed by atoms with Gasteiger partial charge in [-0.2, -0.15) is 0 Å². The van der Waals surface area contributed by atoms with E-state index in [1.165, 1.54) is 16.8 Å². The number of fused-ring (bicyclic) bond motifs is 5. The molecule has 2 aliphatic carbocycles. The number of phenols is 1. The first-order chi connectivity index (χ1) is 18.7. The normalized spacial score (nSPS) is 33.1. The van der Waals surface area contributed by atoms with Crippen molar-refractivity contribution in [2.45, 2.75) is 26.2 Å². The zero-order valence-corrected chi connectivity index (χ0v) is 21.7. The third-order valence-electron chi connectivity index (χ3n) is 9.66. The van der Waals surface area contributed by atoms with Gasteiger partial charge in [-0.25, -0.2) is 4.90 Å². The molecule has 5 aliphatic rings. The standard InChI is InChI=1S/C31H28N2O6/c1-31-23(28(36)33(30(31)38)18-6-4-3-5-7-18)14-22-20(9-10-21-25(22)29(37)32(2)27(21)35)26(31)17-12-16-13-19(34)8-11-24(16)39-15-17/h3-9,11,13,15,21-23,25-26,34H,10,12,14H2,1-2H3/t21-,22+,23-,25-,26-,31+/m0/s1. The number of amides is 4. The quantitative estimate of drug-likeness (QED) is 0.476. The van der Waals surface area contributed by atoms with Crippen LogP contribution < -0.4 is 9.64 Å². The maximum Gasteiger partial charge on any atom is 0.241 e. The molecular weight excluding hydrogens is 496 g/mol. The topological polar surface area (TPSA) is 104 Å². The summed E-state index contributed by atoms with van der Waals surface area (Å²) in [6.07, 6.45) is 4.86. The molecule has 0 bridgehead atoms. The van der Waals surface area contributed by atoms with Gasteiger partial charge in [-0.3, -0.25) is 24.1 Å². The van der Waals surface area contributed by atoms with Crippen LogP contribution in [0.15, 0.2) is 72.0 Å². The number of allylic oxidation sites excluding steroid dienone is 3. The van der Waals surface area contributed by atoms with Crippen LogP contribution in [-0.4, -0.2) is 40.7 Å². The third-order valence-corrected chi connectivity index (χ3v) is 9.66. The highest BCUT2D eigenvalue weighted by atomic mass is 16.5. The Bertz CT molecular complexity index is 1530. The van der Waals surface area contributed by atoms with Gasteiger partial charge in [0.1, 0.15) is 11.5 Å². The number of benzene rings is 2. The van der Waals surface area contributed by atoms with Crippen molar-refractivity contribution >= 4 is 29.3 Å². The predicted molar refractivity (Wildman–Crippen MR) is 140 cm³/mol. The van der Waals surface area contributed by atoms with Gasteiger partial charge in [0.2, 0.25) is 23.6 Å². The molecular formula is C31H28N2O6. The smallest absolute Gasteiger partial charge is 0.241 e. The Morgan fingerprint density at radius 3 is 2.51 bits per heavy atom. The number of phenolic OH excluding ortho intramolecular Hbond substituents is 1. The Kier molecular flexibility index (Phi) is 4.99. The molecule has 1 N–H and O–H groups in total. The number of anilines is 1. The first-order valence-corrected chi connectivity index (χ1v) is 13.3. The van der Waals surface area contributed by atoms with E-state index in [2.05, 4.69) is 0 Å². The lowest BCUT2D eigenvalue weighted by Gasteiger charge is -2.49. The maximum atomic E-state index is 14.3. The lowest BCUT2D eigenvalue weighted by atomic mass is 9.51. The number of para-hydroxylation sites is 1. The van der Waals surface area contributed by atoms with E-state index in [4.69, 9.17) is 4.74 Å². The monoisotopic (exact) mass is 524 g/mol. The summed E-state index contributed by atoms with van der Waals surface area (Å²) in [7, 11) is 1.52. The number of likely N-dealkylation sites (tertiary alicyclic amines) is 1. The van der Waals surface area contributed by atoms with Crippen molar-refractivity contribution in [3.8, 4) is 11.5 Å². The minimum atomic E-state index is -1.11. The van der Waals surface area contributed by atoms with Gasteiger partial charge < -0.3 is 9.84 Å². The highest BCUT2D eigenvalue weighted by molar-refractivity contribution is 6.24. The number of carbonyl (C=O) groups excluding carboxylic acids is 4. The number of carbonyl (C=O) groups is 4. The molecule has 4 amide bonds. The Labute approximate surface area is 225 Å². The molecule has 2 saturated heterocycles. The Hall–Kier alpha value is -4.20. The maximum absolute atomic E-state index is 14.3. The molecule has 3 heterocycles. The van der Waals surface area contributed by atoms with Gasteiger partial charge in [0, 0.05) is 24.9 Å². The highest BCUT2D eigenvalue weighted by Gasteiger charge is 2.67. The molecule has 3 aliphatic heterocycles. The molecule has 0 radical (unpaired) electrons. The van der Waals surface area contributed by atoms with Gasteiger partial charge in [0.25, 0.3) is 0 Å². The second kappa shape index (κ2) is 8.15. The van der Waals surface area contributed by atoms with Crippen molar-refractivity contribution in [3.05, 3.63) is 77.6 Å². The molecule has 198 valence electrons. The Morgan fingerprint density at radius 1 is 0.974 bits per heavy atom. The molecule has 0 spiro atoms. The van der Waals surface area contributed by atoms with Crippen LogP contribution in [0.3, 0.4) is 0 Å². The van der Waals surface area contributed by atoms with E-state index in [0.717, 1.165) is 16.7 Å². The van der Waals surface area contributed by atoms with Gasteiger partial charge in [0.15, 0.2) is 0 Å². The zero-order valence-electron chi connectivity index (χ0n) is 21.7. The first-order valence-electron chi connectivity index (χ1n) is 13.3. The van der Waals surface area contributed by atoms with E-state index in [1.807, 2.05) is 19.1 Å². The first kappa shape index (κ1) is 23.9. The van der Waals surface area contributed by atoms with E-state index in [9.17, 15) is 24.3 Å². The average Bonchev–Trinajstić information content (AvgIpc) is 3.28. The lowest BCUT2D eigenvalue weighted by Crippen LogP contribution is -2.51. The summed E-state index contributed by atoms with van der Waals surface area (Å²) in [5, 5.41) is 10.1. The van der Waals surface area contributed by atoms with Crippen LogP contribution in [0.4, 0.5) is 5.69 Å². The van der Waals surface area contributed by atoms with Crippen molar-refractivity contribution in [2.24, 2.45) is 35.0 Å². The summed E-state index contributed by atoms with van der Waals surface area (Å²) in [5.41, 5.74) is 1.95. The fourth-order valence-electron chi connectivity index (χ4n) is 7.83. The van der Waals surface area contributed by atoms with Gasteiger partial charge in [-0.1, -0.05) is 29.8 Å². The number of rotatable bonds is 2. The molecule has 2 aromatic carbocycles. The van der Waals surface area contributed by atoms with E-state index >= 15 is 0 Å². The van der Waals surface area contributed by atoms with Gasteiger partial charge in [-0.15, -0.1) is 0 Å². The van der Waals surface area contributed by atoms with E-state index in [-0.39, 0.29) is 35.3 Å². The molecule has 6 atom stereocenters. The van der Waals surface area contributed by atoms with E-state index in [1.54, 1.807) is 48.7 Å². The molecule has 0 aromatic heterocycles. The van der Waals surface area contributed by atoms with Gasteiger partial charge >= 0.3 is 0 Å². The molecule has 2 aromatic rings. The van der Waals surface area contributed by atoms with Crippen LogP contribution in [0, 0.1) is 35.0 Å². The molecule has 8 heteroatoms. The lowest BCUT2D eigenvalue weighted by molar-refractivity contribution is -0.139. The summed E-state index contributed by atoms with van der Waals surface area (Å²) in [6, 6.07) is 13.9. The van der Waals surface area contributed by atoms with Crippen molar-refractivity contribution in [3.63, 3.8) is 0 Å². The van der Waals surface area contributed by atoms with Crippen molar-refractivity contribution in [2.75, 3.05) is 11.9 Å². The van der Waals surface area contributed by atoms with Crippen LogP contribution in [0.5, 0.6) is 11.5 Å². The zero-order chi connectivity index (χ0) is 27.2. The van der Waals surface area contributed by atoms with Crippen LogP contribution in [0.1, 0.15) is 25.3 Å². The number of hydrogen-bond donors (Lipinski definition) is 1. The van der Waals surface area contributed by atoms with Gasteiger partial charge in [0.05, 0.1) is 35.1 Å². The Balaban J connectivity index is 1.39. The number of imide groups is 2. The molecule has 0 unspecified atom stereocenters. The molecule has 7 rings (SSSR count). The van der Waals surface area contributed by atoms with Crippen LogP contribution in [0.25, 0.3) is 0 Å². The fraction of sp³-hybridized carbons (Fsp3) is 0.355. The summed E-state index contributed by atoms with van der Waals surface area (Å²) >= 11 is 0. The minimum Gasteiger partial charge on any atom is -0.508 e. The summed E-state index contributed by atoms with van der Waals surface area (Å²) in [4.78, 5) is 57.1. The van der Waals surface area contributed by atoms with E-state index < -0.39 is 29.1 Å². The molecule has 1 saturated carbocycles. The number of hydrogen-bond acceptors (Lipinski definition) is 6. The van der Waals surface area contributed by atoms with E-state index in [0.29, 0.717) is 30.7 Å². The number of ether oxygens (including phenoxy) is 1. The minimum absolute atomic E-state index is 0.115. The molecule has 8 nitrogen and oxygen atoms in total. The second-order valence-corrected chi connectivity index (χ2v) is 11.5. The molecule has 39 heavy (non-hydrogen) atoms. The van der Waals surface area contributed by atoms with Gasteiger partial charge in [-0.05, 0) is 61.6 Å². The largest absolute Gasteiger partial charge is 0.508 e. The number of nitrogens with zero attached hydrogens (tertiary/aromatic N) is 2. The fourth-order valence-corrected chi connectivity index (χ4v) is 7.83. The second-order valence-electron chi connectivity index (χ2n) is 11.5. The summed E-state index contributed by atoms with van der Waals surface area (Å²) in [5.74, 6) is -2.73.